The van der Waals surface area contributed by atoms with Crippen LogP contribution in [-0.2, 0) is 10.0 Å². The fourth-order valence-corrected chi connectivity index (χ4v) is 4.50. The largest absolute Gasteiger partial charge is 0.496 e. The quantitative estimate of drug-likeness (QED) is 0.661. The van der Waals surface area contributed by atoms with Gasteiger partial charge in [-0.1, -0.05) is 23.7 Å². The molecule has 0 aliphatic carbocycles. The van der Waals surface area contributed by atoms with Gasteiger partial charge >= 0.3 is 0 Å². The Balaban J connectivity index is 1.62. The Bertz CT molecular complexity index is 1030. The normalized spacial score (nSPS) is 15.7. The van der Waals surface area contributed by atoms with E-state index in [1.165, 1.54) is 16.4 Å². The second kappa shape index (κ2) is 7.16. The molecule has 1 saturated heterocycles. The summed E-state index contributed by atoms with van der Waals surface area (Å²) in [4.78, 5) is 4.31. The number of furan rings is 1. The number of ether oxygens (including phenoxy) is 1. The van der Waals surface area contributed by atoms with Crippen molar-refractivity contribution in [2.45, 2.75) is 24.4 Å². The first kappa shape index (κ1) is 17.7. The van der Waals surface area contributed by atoms with Gasteiger partial charge in [0, 0.05) is 13.1 Å². The highest BCUT2D eigenvalue weighted by molar-refractivity contribution is 7.89. The highest BCUT2D eigenvalue weighted by Gasteiger charge is 2.29. The summed E-state index contributed by atoms with van der Waals surface area (Å²) in [7, 11) is -2.09. The number of nitrogens with zero attached hydrogens (tertiary/aromatic N) is 3. The Morgan fingerprint density at radius 3 is 2.63 bits per heavy atom. The number of benzene rings is 1. The van der Waals surface area contributed by atoms with E-state index in [0.717, 1.165) is 19.3 Å². The topological polar surface area (TPSA) is 98.7 Å². The van der Waals surface area contributed by atoms with Crippen LogP contribution in [0.5, 0.6) is 5.75 Å². The number of aromatic nitrogens is 2. The molecule has 1 aliphatic rings. The van der Waals surface area contributed by atoms with E-state index < -0.39 is 10.0 Å². The van der Waals surface area contributed by atoms with Crippen molar-refractivity contribution >= 4 is 10.0 Å². The van der Waals surface area contributed by atoms with E-state index in [0.29, 0.717) is 30.2 Å². The molecule has 0 saturated carbocycles. The molecule has 0 bridgehead atoms. The third kappa shape index (κ3) is 3.35. The first-order chi connectivity index (χ1) is 13.1. The molecule has 0 unspecified atom stereocenters. The van der Waals surface area contributed by atoms with E-state index in [2.05, 4.69) is 10.1 Å². The average molecular weight is 389 g/mol. The predicted octanol–water partition coefficient (Wildman–Crippen LogP) is 3.18. The van der Waals surface area contributed by atoms with Crippen molar-refractivity contribution in [3.63, 3.8) is 0 Å². The SMILES string of the molecule is COc1ccccc1-c1noc(-c2ccc(S(=O)(=O)N3CCCCC3)o2)n1. The number of hydrogen-bond acceptors (Lipinski definition) is 7. The minimum Gasteiger partial charge on any atom is -0.496 e. The van der Waals surface area contributed by atoms with Gasteiger partial charge in [-0.15, -0.1) is 0 Å². The Morgan fingerprint density at radius 2 is 1.85 bits per heavy atom. The Labute approximate surface area is 156 Å². The number of para-hydroxylation sites is 1. The van der Waals surface area contributed by atoms with E-state index in [9.17, 15) is 8.42 Å². The van der Waals surface area contributed by atoms with Gasteiger partial charge in [0.1, 0.15) is 5.75 Å². The molecule has 1 aromatic carbocycles. The Kier molecular flexibility index (Phi) is 4.71. The van der Waals surface area contributed by atoms with Crippen LogP contribution in [0.25, 0.3) is 23.0 Å². The van der Waals surface area contributed by atoms with Gasteiger partial charge in [0.25, 0.3) is 15.9 Å². The fraction of sp³-hybridized carbons (Fsp3) is 0.333. The van der Waals surface area contributed by atoms with Gasteiger partial charge in [-0.05, 0) is 37.1 Å². The first-order valence-corrected chi connectivity index (χ1v) is 10.1. The maximum Gasteiger partial charge on any atom is 0.294 e. The van der Waals surface area contributed by atoms with Crippen molar-refractivity contribution in [2.75, 3.05) is 20.2 Å². The lowest BCUT2D eigenvalue weighted by Gasteiger charge is -2.24. The second-order valence-corrected chi connectivity index (χ2v) is 8.08. The summed E-state index contributed by atoms with van der Waals surface area (Å²) >= 11 is 0. The number of rotatable bonds is 5. The Morgan fingerprint density at radius 1 is 1.07 bits per heavy atom. The monoisotopic (exact) mass is 389 g/mol. The van der Waals surface area contributed by atoms with Crippen molar-refractivity contribution in [2.24, 2.45) is 0 Å². The molecule has 0 amide bonds. The number of methoxy groups -OCH3 is 1. The zero-order valence-corrected chi connectivity index (χ0v) is 15.6. The molecule has 3 heterocycles. The van der Waals surface area contributed by atoms with Gasteiger partial charge < -0.3 is 13.7 Å². The van der Waals surface area contributed by atoms with Crippen molar-refractivity contribution in [1.29, 1.82) is 0 Å². The van der Waals surface area contributed by atoms with Crippen molar-refractivity contribution in [3.05, 3.63) is 36.4 Å². The van der Waals surface area contributed by atoms with Crippen LogP contribution in [0, 0.1) is 0 Å². The molecule has 2 aromatic heterocycles. The second-order valence-electron chi connectivity index (χ2n) is 6.21. The average Bonchev–Trinajstić information content (AvgIpc) is 3.38. The number of sulfonamides is 1. The van der Waals surface area contributed by atoms with Gasteiger partial charge in [0.15, 0.2) is 5.76 Å². The van der Waals surface area contributed by atoms with Crippen LogP contribution in [0.3, 0.4) is 0 Å². The summed E-state index contributed by atoms with van der Waals surface area (Å²) in [5.74, 6) is 1.26. The molecule has 0 N–H and O–H groups in total. The van der Waals surface area contributed by atoms with E-state index >= 15 is 0 Å². The molecule has 1 aliphatic heterocycles. The molecule has 27 heavy (non-hydrogen) atoms. The van der Waals surface area contributed by atoms with Crippen LogP contribution >= 0.6 is 0 Å². The minimum absolute atomic E-state index is 0.107. The van der Waals surface area contributed by atoms with E-state index in [-0.39, 0.29) is 16.7 Å². The molecule has 1 fully saturated rings. The van der Waals surface area contributed by atoms with Crippen LogP contribution in [-0.4, -0.2) is 43.1 Å². The summed E-state index contributed by atoms with van der Waals surface area (Å²) in [5, 5.41) is 3.83. The summed E-state index contributed by atoms with van der Waals surface area (Å²) in [5.41, 5.74) is 0.669. The molecule has 142 valence electrons. The molecule has 0 spiro atoms. The molecule has 0 radical (unpaired) electrons. The molecule has 3 aromatic rings. The third-order valence-corrected chi connectivity index (χ3v) is 6.25. The standard InChI is InChI=1S/C18H19N3O5S/c1-24-14-8-4-3-7-13(14)17-19-18(26-20-17)15-9-10-16(25-15)27(22,23)21-11-5-2-6-12-21/h3-4,7-10H,2,5-6,11-12H2,1H3. The van der Waals surface area contributed by atoms with Crippen LogP contribution in [0.1, 0.15) is 19.3 Å². The predicted molar refractivity (Wildman–Crippen MR) is 96.6 cm³/mol. The van der Waals surface area contributed by atoms with E-state index in [1.54, 1.807) is 13.2 Å². The minimum atomic E-state index is -3.65. The smallest absolute Gasteiger partial charge is 0.294 e. The zero-order chi connectivity index (χ0) is 18.9. The number of piperidine rings is 1. The van der Waals surface area contributed by atoms with Gasteiger partial charge in [0.2, 0.25) is 10.9 Å². The van der Waals surface area contributed by atoms with Gasteiger partial charge in [-0.25, -0.2) is 8.42 Å². The van der Waals surface area contributed by atoms with E-state index in [1.807, 2.05) is 18.2 Å². The lowest BCUT2D eigenvalue weighted by molar-refractivity contribution is 0.331. The molecule has 9 heteroatoms. The summed E-state index contributed by atoms with van der Waals surface area (Å²) < 4.78 is 42.9. The Hall–Kier alpha value is -2.65. The van der Waals surface area contributed by atoms with Crippen LogP contribution < -0.4 is 4.74 Å². The lowest BCUT2D eigenvalue weighted by Crippen LogP contribution is -2.35. The third-order valence-electron chi connectivity index (χ3n) is 4.48. The summed E-state index contributed by atoms with van der Waals surface area (Å²) in [6.45, 7) is 1.02. The fourth-order valence-electron chi connectivity index (χ4n) is 3.07. The molecule has 8 nitrogen and oxygen atoms in total. The van der Waals surface area contributed by atoms with Crippen LogP contribution in [0.4, 0.5) is 0 Å². The van der Waals surface area contributed by atoms with Crippen LogP contribution in [0.2, 0.25) is 0 Å². The number of hydrogen-bond donors (Lipinski definition) is 0. The van der Waals surface area contributed by atoms with Crippen molar-refractivity contribution in [1.82, 2.24) is 14.4 Å². The van der Waals surface area contributed by atoms with E-state index in [4.69, 9.17) is 13.7 Å². The van der Waals surface area contributed by atoms with Gasteiger partial charge in [0.05, 0.1) is 12.7 Å². The van der Waals surface area contributed by atoms with Crippen LogP contribution in [0.15, 0.2) is 50.4 Å². The molecule has 0 atom stereocenters. The molecular weight excluding hydrogens is 370 g/mol. The van der Waals surface area contributed by atoms with Crippen molar-refractivity contribution in [3.8, 4) is 28.8 Å². The summed E-state index contributed by atoms with van der Waals surface area (Å²) in [6, 6.07) is 10.2. The zero-order valence-electron chi connectivity index (χ0n) is 14.8. The maximum absolute atomic E-state index is 12.7. The highest BCUT2D eigenvalue weighted by atomic mass is 32.2. The summed E-state index contributed by atoms with van der Waals surface area (Å²) in [6.07, 6.45) is 2.76. The lowest BCUT2D eigenvalue weighted by atomic mass is 10.2. The highest BCUT2D eigenvalue weighted by Crippen LogP contribution is 2.31. The van der Waals surface area contributed by atoms with Crippen molar-refractivity contribution < 1.29 is 22.1 Å². The molecular formula is C18H19N3O5S. The maximum atomic E-state index is 12.7. The molecule has 4 rings (SSSR count). The van der Waals surface area contributed by atoms with Gasteiger partial charge in [-0.2, -0.15) is 9.29 Å². The van der Waals surface area contributed by atoms with Gasteiger partial charge in [-0.3, -0.25) is 0 Å². The first-order valence-electron chi connectivity index (χ1n) is 8.67.